The number of thioether (sulfide) groups is 3. The van der Waals surface area contributed by atoms with Crippen molar-refractivity contribution >= 4 is 88.6 Å². The standard InChI is InChI=1S/C51H75N9O15S3/c1-19-34(53-36(49(70)71)40(19)76-25-13-28(52-16-25)43(64)55(7)8)31(22(4)61)46(67)58-17-26(14-29(58)44(65)56(9)10)77-41-20(2)35(54-37(41)50(72)73)32(23(5)62)47(68)59-18-27(15-30(59)45(66)57(11)12)78-42-21(3)38-33(24(6)63)48(69)60(38)39(42)51(74)75/h19-35,38,52-54,61-63H,13-18H2,1-12H3,(H,70,71)(H,72,73)(H,74,75)/t19-,20-,21-,22-,23-,24-,25+,26+,27+,28+,29+,30+,31-,32-,33-,34-,35-,38-/m1/s1. The first-order valence-electron chi connectivity index (χ1n) is 26.2. The van der Waals surface area contributed by atoms with Crippen LogP contribution < -0.4 is 16.0 Å². The molecule has 0 bridgehead atoms. The van der Waals surface area contributed by atoms with Crippen LogP contribution in [0.25, 0.3) is 0 Å². The van der Waals surface area contributed by atoms with Gasteiger partial charge in [0.15, 0.2) is 0 Å². The van der Waals surface area contributed by atoms with E-state index in [2.05, 4.69) is 16.0 Å². The SMILES string of the molecule is C[C@@H](O)[C@@H](C(=O)N1C[C@@H](SC2=C(C(=O)O)N[C@@H]([C@H](C(=O)N3C[C@@H](SC4=C(C(=O)O)N5C(=O)[C@H]([C@@H](C)O)[C@H]5[C@H]4C)C[C@H]3C(=O)N(C)C)[C@@H](C)O)[C@H]2C)C[C@H]1C(=O)N(C)C)[C@@H]1NC(C(=O)O)=C(S[C@@H]2CN[C@H](C(=O)N(C)C)C2)[C@@H]1C. The van der Waals surface area contributed by atoms with Crippen molar-refractivity contribution in [3.05, 3.63) is 31.8 Å². The quantitative estimate of drug-likeness (QED) is 0.0706. The maximum atomic E-state index is 15.1. The molecule has 7 heterocycles. The van der Waals surface area contributed by atoms with Crippen LogP contribution in [0.1, 0.15) is 60.8 Å². The zero-order valence-electron chi connectivity index (χ0n) is 45.9. The predicted octanol–water partition coefficient (Wildman–Crippen LogP) is -0.924. The number of nitrogens with zero attached hydrogens (tertiary/aromatic N) is 6. The number of hydrogen-bond donors (Lipinski definition) is 9. The van der Waals surface area contributed by atoms with E-state index in [1.165, 1.54) is 90.1 Å². The van der Waals surface area contributed by atoms with Gasteiger partial charge in [0.25, 0.3) is 0 Å². The van der Waals surface area contributed by atoms with Gasteiger partial charge in [0.2, 0.25) is 35.4 Å². The van der Waals surface area contributed by atoms with Crippen LogP contribution in [-0.2, 0) is 43.2 Å². The normalized spacial score (nSPS) is 32.5. The van der Waals surface area contributed by atoms with Crippen LogP contribution in [-0.4, -0.2) is 246 Å². The van der Waals surface area contributed by atoms with Gasteiger partial charge in [-0.2, -0.15) is 0 Å². The third kappa shape index (κ3) is 11.2. The minimum absolute atomic E-state index is 0.0491. The molecule has 0 aromatic rings. The summed E-state index contributed by atoms with van der Waals surface area (Å²) in [6, 6.07) is -5.16. The number of likely N-dealkylation sites (N-methyl/N-ethyl adjacent to an activating group) is 3. The van der Waals surface area contributed by atoms with Crippen molar-refractivity contribution in [3.8, 4) is 0 Å². The van der Waals surface area contributed by atoms with Crippen LogP contribution in [0.4, 0.5) is 0 Å². The van der Waals surface area contributed by atoms with Gasteiger partial charge in [0.05, 0.1) is 48.1 Å². The second kappa shape index (κ2) is 23.6. The highest BCUT2D eigenvalue weighted by Gasteiger charge is 2.61. The van der Waals surface area contributed by atoms with E-state index in [1.54, 1.807) is 34.9 Å². The van der Waals surface area contributed by atoms with Gasteiger partial charge in [0, 0.05) is 122 Å². The number of carbonyl (C=O) groups is 9. The van der Waals surface area contributed by atoms with Gasteiger partial charge in [-0.05, 0) is 40.0 Å². The smallest absolute Gasteiger partial charge is 0.353 e. The van der Waals surface area contributed by atoms with Crippen LogP contribution >= 0.6 is 35.3 Å². The van der Waals surface area contributed by atoms with E-state index in [-0.39, 0.29) is 59.1 Å². The molecule has 0 aromatic carbocycles. The molecule has 24 nitrogen and oxygen atoms in total. The molecule has 4 saturated heterocycles. The number of β-lactam (4-membered cyclic amide) rings is 1. The van der Waals surface area contributed by atoms with E-state index in [4.69, 9.17) is 0 Å². The van der Waals surface area contributed by atoms with Crippen LogP contribution in [0.2, 0.25) is 0 Å². The number of likely N-dealkylation sites (tertiary alicyclic amines) is 2. The molecule has 0 radical (unpaired) electrons. The molecule has 0 saturated carbocycles. The van der Waals surface area contributed by atoms with Crippen LogP contribution in [0.15, 0.2) is 31.8 Å². The van der Waals surface area contributed by atoms with Gasteiger partial charge in [-0.25, -0.2) is 14.4 Å². The zero-order valence-corrected chi connectivity index (χ0v) is 48.3. The maximum absolute atomic E-state index is 15.1. The third-order valence-corrected chi connectivity index (χ3v) is 20.9. The average molecular weight is 1150 g/mol. The largest absolute Gasteiger partial charge is 0.477 e. The Kier molecular flexibility index (Phi) is 18.3. The highest BCUT2D eigenvalue weighted by Crippen LogP contribution is 2.53. The number of nitrogens with one attached hydrogen (secondary N) is 3. The number of carboxylic acids is 3. The molecule has 78 heavy (non-hydrogen) atoms. The van der Waals surface area contributed by atoms with Crippen molar-refractivity contribution in [1.82, 2.24) is 45.3 Å². The Morgan fingerprint density at radius 1 is 0.577 bits per heavy atom. The van der Waals surface area contributed by atoms with Crippen molar-refractivity contribution in [2.45, 2.75) is 131 Å². The number of hydrogen-bond acceptors (Lipinski definition) is 18. The van der Waals surface area contributed by atoms with Crippen molar-refractivity contribution in [1.29, 1.82) is 0 Å². The molecule has 4 fully saturated rings. The number of carboxylic acid groups (broad SMARTS) is 3. The van der Waals surface area contributed by atoms with E-state index in [9.17, 15) is 64.2 Å². The fraction of sp³-hybridized carbons (Fsp3) is 0.706. The van der Waals surface area contributed by atoms with Crippen LogP contribution in [0, 0.1) is 35.5 Å². The topological polar surface area (TPSA) is 331 Å². The van der Waals surface area contributed by atoms with Gasteiger partial charge in [0.1, 0.15) is 29.2 Å². The van der Waals surface area contributed by atoms with Gasteiger partial charge < -0.3 is 76.0 Å². The minimum Gasteiger partial charge on any atom is -0.477 e. The van der Waals surface area contributed by atoms with E-state index in [0.717, 1.165) is 23.5 Å². The number of aliphatic carboxylic acids is 3. The van der Waals surface area contributed by atoms with Gasteiger partial charge >= 0.3 is 17.9 Å². The summed E-state index contributed by atoms with van der Waals surface area (Å²) in [6.45, 7) is 9.78. The molecule has 7 aliphatic rings. The average Bonchev–Trinajstić information content (AvgIpc) is 4.38. The molecule has 0 aliphatic carbocycles. The summed E-state index contributed by atoms with van der Waals surface area (Å²) >= 11 is 3.57. The highest BCUT2D eigenvalue weighted by molar-refractivity contribution is 8.04. The third-order valence-electron chi connectivity index (χ3n) is 16.4. The van der Waals surface area contributed by atoms with Gasteiger partial charge in [-0.3, -0.25) is 28.8 Å². The van der Waals surface area contributed by atoms with Gasteiger partial charge in [-0.15, -0.1) is 35.3 Å². The van der Waals surface area contributed by atoms with Gasteiger partial charge in [-0.1, -0.05) is 20.8 Å². The molecule has 0 spiro atoms. The van der Waals surface area contributed by atoms with Crippen molar-refractivity contribution in [2.24, 2.45) is 35.5 Å². The summed E-state index contributed by atoms with van der Waals surface area (Å²) in [6.07, 6.45) is -3.19. The molecule has 7 rings (SSSR count). The summed E-state index contributed by atoms with van der Waals surface area (Å²) in [4.78, 5) is 132. The Morgan fingerprint density at radius 2 is 0.987 bits per heavy atom. The molecular weight excluding hydrogens is 1070 g/mol. The number of aliphatic hydroxyl groups excluding tert-OH is 3. The first-order valence-corrected chi connectivity index (χ1v) is 28.9. The van der Waals surface area contributed by atoms with Crippen LogP contribution in [0.5, 0.6) is 0 Å². The van der Waals surface area contributed by atoms with E-state index < -0.39 is 148 Å². The number of rotatable bonds is 19. The molecule has 0 aromatic heterocycles. The Labute approximate surface area is 466 Å². The summed E-state index contributed by atoms with van der Waals surface area (Å²) in [5.41, 5.74) is -0.595. The lowest BCUT2D eigenvalue weighted by Crippen LogP contribution is -2.63. The van der Waals surface area contributed by atoms with Crippen molar-refractivity contribution < 1.29 is 73.8 Å². The second-order valence-corrected chi connectivity index (χ2v) is 26.4. The predicted molar refractivity (Wildman–Crippen MR) is 288 cm³/mol. The second-order valence-electron chi connectivity index (χ2n) is 22.4. The zero-order chi connectivity index (χ0) is 58.0. The molecule has 27 heteroatoms. The highest BCUT2D eigenvalue weighted by atomic mass is 32.2. The Morgan fingerprint density at radius 3 is 1.36 bits per heavy atom. The molecular formula is C51H75N9O15S3. The lowest BCUT2D eigenvalue weighted by atomic mass is 9.79. The Balaban J connectivity index is 1.11. The van der Waals surface area contributed by atoms with Crippen molar-refractivity contribution in [2.75, 3.05) is 61.9 Å². The van der Waals surface area contributed by atoms with Crippen LogP contribution in [0.3, 0.4) is 0 Å². The Hall–Kier alpha value is -5.06. The van der Waals surface area contributed by atoms with E-state index >= 15 is 9.59 Å². The van der Waals surface area contributed by atoms with Crippen molar-refractivity contribution in [3.63, 3.8) is 0 Å². The Bertz CT molecular complexity index is 2570. The summed E-state index contributed by atoms with van der Waals surface area (Å²) in [5.74, 6) is -12.0. The fourth-order valence-electron chi connectivity index (χ4n) is 12.5. The molecule has 0 unspecified atom stereocenters. The minimum atomic E-state index is -1.40. The maximum Gasteiger partial charge on any atom is 0.353 e. The summed E-state index contributed by atoms with van der Waals surface area (Å²) < 4.78 is 0. The molecule has 18 atom stereocenters. The number of fused-ring (bicyclic) bond motifs is 1. The number of aliphatic hydroxyl groups is 3. The molecule has 7 aliphatic heterocycles. The lowest BCUT2D eigenvalue weighted by Gasteiger charge is -2.46. The molecule has 6 amide bonds. The van der Waals surface area contributed by atoms with E-state index in [1.807, 2.05) is 0 Å². The number of carbonyl (C=O) groups excluding carboxylic acids is 6. The monoisotopic (exact) mass is 1150 g/mol. The number of amides is 6. The van der Waals surface area contributed by atoms with E-state index in [0.29, 0.717) is 22.8 Å². The summed E-state index contributed by atoms with van der Waals surface area (Å²) in [7, 11) is 9.41. The first-order chi connectivity index (χ1) is 36.4. The fourth-order valence-corrected chi connectivity index (χ4v) is 17.0. The molecule has 9 N–H and O–H groups in total. The molecule has 432 valence electrons. The summed E-state index contributed by atoms with van der Waals surface area (Å²) in [5, 5.41) is 72.6. The lowest BCUT2D eigenvalue weighted by molar-refractivity contribution is -0.163. The first kappa shape index (κ1) is 60.6.